The maximum Gasteiger partial charge on any atom is 0.322 e. The summed E-state index contributed by atoms with van der Waals surface area (Å²) in [6.07, 6.45) is 2.31. The first kappa shape index (κ1) is 22.4. The highest BCUT2D eigenvalue weighted by Gasteiger charge is 2.14. The van der Waals surface area contributed by atoms with Gasteiger partial charge in [-0.05, 0) is 41.2 Å². The van der Waals surface area contributed by atoms with Gasteiger partial charge in [-0.15, -0.1) is 24.8 Å². The fourth-order valence-corrected chi connectivity index (χ4v) is 2.27. The number of methoxy groups -OCH3 is 1. The van der Waals surface area contributed by atoms with Crippen molar-refractivity contribution in [3.05, 3.63) is 53.9 Å². The second-order valence-electron chi connectivity index (χ2n) is 5.65. The summed E-state index contributed by atoms with van der Waals surface area (Å²) in [6, 6.07) is 11.6. The van der Waals surface area contributed by atoms with Gasteiger partial charge in [-0.1, -0.05) is 38.1 Å². The number of hydrogen-bond acceptors (Lipinski definition) is 4. The molecule has 6 heteroatoms. The summed E-state index contributed by atoms with van der Waals surface area (Å²) < 4.78 is 4.64. The van der Waals surface area contributed by atoms with Gasteiger partial charge in [-0.25, -0.2) is 0 Å². The number of benzene rings is 1. The highest BCUT2D eigenvalue weighted by Crippen LogP contribution is 2.23. The van der Waals surface area contributed by atoms with Crippen LogP contribution in [0.15, 0.2) is 42.6 Å². The molecule has 2 N–H and O–H groups in total. The topological polar surface area (TPSA) is 65.2 Å². The molecule has 0 saturated heterocycles. The minimum absolute atomic E-state index is 0. The van der Waals surface area contributed by atoms with Crippen molar-refractivity contribution < 1.29 is 9.53 Å². The van der Waals surface area contributed by atoms with E-state index in [1.54, 1.807) is 0 Å². The van der Waals surface area contributed by atoms with Gasteiger partial charge >= 0.3 is 5.97 Å². The summed E-state index contributed by atoms with van der Waals surface area (Å²) in [5, 5.41) is 0. The first-order valence-electron chi connectivity index (χ1n) is 7.40. The Balaban J connectivity index is 0.00000264. The van der Waals surface area contributed by atoms with Crippen molar-refractivity contribution in [2.24, 2.45) is 5.73 Å². The molecule has 0 aliphatic carbocycles. The van der Waals surface area contributed by atoms with Gasteiger partial charge in [-0.2, -0.15) is 0 Å². The molecule has 1 heterocycles. The van der Waals surface area contributed by atoms with Gasteiger partial charge < -0.3 is 10.5 Å². The van der Waals surface area contributed by atoms with E-state index in [0.717, 1.165) is 22.4 Å². The highest BCUT2D eigenvalue weighted by atomic mass is 35.5. The molecule has 0 aliphatic rings. The zero-order valence-corrected chi connectivity index (χ0v) is 15.7. The van der Waals surface area contributed by atoms with E-state index in [0.29, 0.717) is 12.3 Å². The summed E-state index contributed by atoms with van der Waals surface area (Å²) in [5.74, 6) is 0.0112. The van der Waals surface area contributed by atoms with Crippen molar-refractivity contribution >= 4 is 30.8 Å². The molecule has 2 rings (SSSR count). The maximum absolute atomic E-state index is 11.4. The summed E-state index contributed by atoms with van der Waals surface area (Å²) in [6.45, 7) is 4.26. The number of esters is 1. The molecular weight excluding hydrogens is 347 g/mol. The van der Waals surface area contributed by atoms with Gasteiger partial charge in [0.25, 0.3) is 0 Å². The Morgan fingerprint density at radius 3 is 2.29 bits per heavy atom. The average molecular weight is 371 g/mol. The minimum Gasteiger partial charge on any atom is -0.468 e. The van der Waals surface area contributed by atoms with Crippen molar-refractivity contribution in [1.82, 2.24) is 4.98 Å². The van der Waals surface area contributed by atoms with E-state index in [9.17, 15) is 4.79 Å². The molecule has 2 aromatic rings. The molecule has 0 spiro atoms. The van der Waals surface area contributed by atoms with Gasteiger partial charge in [0.2, 0.25) is 0 Å². The molecule has 1 aromatic heterocycles. The zero-order chi connectivity index (χ0) is 16.1. The molecule has 0 saturated carbocycles. The zero-order valence-electron chi connectivity index (χ0n) is 14.1. The van der Waals surface area contributed by atoms with E-state index < -0.39 is 6.04 Å². The predicted octanol–water partition coefficient (Wildman–Crippen LogP) is 3.76. The Kier molecular flexibility index (Phi) is 9.59. The summed E-state index contributed by atoms with van der Waals surface area (Å²) in [7, 11) is 1.35. The lowest BCUT2D eigenvalue weighted by Crippen LogP contribution is -2.33. The lowest BCUT2D eigenvalue weighted by atomic mass is 9.99. The molecule has 1 aromatic carbocycles. The van der Waals surface area contributed by atoms with Crippen LogP contribution in [0.5, 0.6) is 0 Å². The van der Waals surface area contributed by atoms with Crippen LogP contribution in [0.4, 0.5) is 0 Å². The minimum atomic E-state index is -0.621. The van der Waals surface area contributed by atoms with E-state index in [-0.39, 0.29) is 30.8 Å². The molecule has 0 bridgehead atoms. The van der Waals surface area contributed by atoms with Crippen molar-refractivity contribution in [2.45, 2.75) is 32.2 Å². The molecule has 0 amide bonds. The van der Waals surface area contributed by atoms with Crippen LogP contribution in [0.2, 0.25) is 0 Å². The van der Waals surface area contributed by atoms with Crippen LogP contribution in [0.25, 0.3) is 11.1 Å². The smallest absolute Gasteiger partial charge is 0.322 e. The number of ether oxygens (including phenoxy) is 1. The Hall–Kier alpha value is -1.62. The van der Waals surface area contributed by atoms with Crippen LogP contribution in [-0.4, -0.2) is 24.1 Å². The van der Waals surface area contributed by atoms with Crippen LogP contribution >= 0.6 is 24.8 Å². The predicted molar refractivity (Wildman–Crippen MR) is 102 cm³/mol. The maximum atomic E-state index is 11.4. The van der Waals surface area contributed by atoms with E-state index in [1.807, 2.05) is 36.5 Å². The van der Waals surface area contributed by atoms with Crippen LogP contribution < -0.4 is 5.73 Å². The first-order chi connectivity index (χ1) is 10.5. The van der Waals surface area contributed by atoms with Crippen molar-refractivity contribution in [1.29, 1.82) is 0 Å². The van der Waals surface area contributed by atoms with E-state index in [1.165, 1.54) is 7.11 Å². The Morgan fingerprint density at radius 1 is 1.12 bits per heavy atom. The van der Waals surface area contributed by atoms with E-state index in [4.69, 9.17) is 5.73 Å². The normalized spacial score (nSPS) is 11.2. The summed E-state index contributed by atoms with van der Waals surface area (Å²) in [4.78, 5) is 15.7. The Bertz CT molecular complexity index is 646. The second-order valence-corrected chi connectivity index (χ2v) is 5.65. The van der Waals surface area contributed by atoms with Crippen molar-refractivity contribution in [3.8, 4) is 11.1 Å². The molecular formula is C18H24Cl2N2O2. The third-order valence-corrected chi connectivity index (χ3v) is 3.62. The molecule has 1 atom stereocenters. The third kappa shape index (κ3) is 5.78. The lowest BCUT2D eigenvalue weighted by molar-refractivity contribution is -0.142. The molecule has 24 heavy (non-hydrogen) atoms. The Labute approximate surface area is 155 Å². The molecule has 4 nitrogen and oxygen atoms in total. The molecule has 1 unspecified atom stereocenters. The number of carbonyl (C=O) groups is 1. The number of hydrogen-bond donors (Lipinski definition) is 1. The SMILES string of the molecule is COC(=O)C(N)Cc1ccc(-c2ccnc(C(C)C)c2)cc1.Cl.Cl. The number of carbonyl (C=O) groups excluding carboxylic acids is 1. The number of aromatic nitrogens is 1. The monoisotopic (exact) mass is 370 g/mol. The second kappa shape index (κ2) is 10.3. The number of pyridine rings is 1. The lowest BCUT2D eigenvalue weighted by Gasteiger charge is -2.10. The third-order valence-electron chi connectivity index (χ3n) is 3.62. The number of nitrogens with two attached hydrogens (primary N) is 1. The highest BCUT2D eigenvalue weighted by molar-refractivity contribution is 5.85. The fourth-order valence-electron chi connectivity index (χ4n) is 2.27. The van der Waals surface area contributed by atoms with Crippen molar-refractivity contribution in [3.63, 3.8) is 0 Å². The largest absolute Gasteiger partial charge is 0.468 e. The first-order valence-corrected chi connectivity index (χ1v) is 7.40. The number of rotatable bonds is 5. The molecule has 0 aliphatic heterocycles. The van der Waals surface area contributed by atoms with E-state index in [2.05, 4.69) is 29.6 Å². The quantitative estimate of drug-likeness (QED) is 0.813. The Morgan fingerprint density at radius 2 is 1.75 bits per heavy atom. The van der Waals surface area contributed by atoms with Gasteiger partial charge in [0.05, 0.1) is 7.11 Å². The van der Waals surface area contributed by atoms with Crippen LogP contribution in [-0.2, 0) is 16.0 Å². The average Bonchev–Trinajstić information content (AvgIpc) is 2.54. The molecule has 0 fully saturated rings. The van der Waals surface area contributed by atoms with Crippen LogP contribution in [0.3, 0.4) is 0 Å². The summed E-state index contributed by atoms with van der Waals surface area (Å²) in [5.41, 5.74) is 10.1. The number of nitrogens with zero attached hydrogens (tertiary/aromatic N) is 1. The summed E-state index contributed by atoms with van der Waals surface area (Å²) >= 11 is 0. The van der Waals surface area contributed by atoms with Gasteiger partial charge in [-0.3, -0.25) is 9.78 Å². The van der Waals surface area contributed by atoms with Crippen LogP contribution in [0.1, 0.15) is 31.0 Å². The van der Waals surface area contributed by atoms with Gasteiger partial charge in [0.15, 0.2) is 0 Å². The molecule has 0 radical (unpaired) electrons. The van der Waals surface area contributed by atoms with Crippen LogP contribution in [0, 0.1) is 0 Å². The standard InChI is InChI=1S/C18H22N2O2.2ClH/c1-12(2)17-11-15(8-9-20-17)14-6-4-13(5-7-14)10-16(19)18(21)22-3;;/h4-9,11-12,16H,10,19H2,1-3H3;2*1H. The number of halogens is 2. The van der Waals surface area contributed by atoms with Gasteiger partial charge in [0, 0.05) is 11.9 Å². The van der Waals surface area contributed by atoms with Gasteiger partial charge in [0.1, 0.15) is 6.04 Å². The van der Waals surface area contributed by atoms with Crippen molar-refractivity contribution in [2.75, 3.05) is 7.11 Å². The molecule has 132 valence electrons. The van der Waals surface area contributed by atoms with E-state index >= 15 is 0 Å². The fraction of sp³-hybridized carbons (Fsp3) is 0.333.